The summed E-state index contributed by atoms with van der Waals surface area (Å²) in [7, 11) is 0. The molecule has 2 heterocycles. The topological polar surface area (TPSA) is 36.9 Å². The van der Waals surface area contributed by atoms with Gasteiger partial charge in [-0.25, -0.2) is 0 Å². The van der Waals surface area contributed by atoms with E-state index in [1.165, 1.54) is 22.4 Å². The molecule has 2 aliphatic rings. The fourth-order valence-electron chi connectivity index (χ4n) is 4.79. The normalized spacial score (nSPS) is 20.3. The van der Waals surface area contributed by atoms with Crippen LogP contribution in [-0.4, -0.2) is 30.3 Å². The van der Waals surface area contributed by atoms with Gasteiger partial charge in [-0.05, 0) is 41.7 Å². The van der Waals surface area contributed by atoms with Gasteiger partial charge in [0.1, 0.15) is 5.75 Å². The van der Waals surface area contributed by atoms with Crippen LogP contribution in [0, 0.1) is 5.92 Å². The van der Waals surface area contributed by atoms with E-state index in [1.54, 1.807) is 0 Å². The summed E-state index contributed by atoms with van der Waals surface area (Å²) in [4.78, 5) is 2.56. The molecule has 3 aromatic carbocycles. The monoisotopic (exact) mass is 425 g/mol. The van der Waals surface area contributed by atoms with Crippen LogP contribution in [0.3, 0.4) is 0 Å². The van der Waals surface area contributed by atoms with Crippen LogP contribution in [0.15, 0.2) is 90.0 Å². The van der Waals surface area contributed by atoms with Crippen molar-refractivity contribution in [1.82, 2.24) is 10.3 Å². The smallest absolute Gasteiger partial charge is 0.119 e. The Morgan fingerprint density at radius 1 is 0.875 bits per heavy atom. The molecule has 1 fully saturated rings. The maximum Gasteiger partial charge on any atom is 0.119 e. The van der Waals surface area contributed by atoms with Crippen LogP contribution < -0.4 is 10.2 Å². The molecule has 3 aromatic rings. The van der Waals surface area contributed by atoms with Gasteiger partial charge in [-0.3, -0.25) is 4.90 Å². The molecule has 164 valence electrons. The third-order valence-electron chi connectivity index (χ3n) is 6.53. The SMILES string of the molecule is c1ccc(CCCOc2ccc(C3NN=C4CCN(Cc5ccccc5)CC43)cc2)cc1. The van der Waals surface area contributed by atoms with Gasteiger partial charge >= 0.3 is 0 Å². The van der Waals surface area contributed by atoms with Gasteiger partial charge in [-0.15, -0.1) is 0 Å². The van der Waals surface area contributed by atoms with E-state index in [9.17, 15) is 0 Å². The second kappa shape index (κ2) is 10.0. The van der Waals surface area contributed by atoms with Crippen molar-refractivity contribution in [2.75, 3.05) is 19.7 Å². The molecule has 32 heavy (non-hydrogen) atoms. The van der Waals surface area contributed by atoms with E-state index in [0.717, 1.165) is 51.3 Å². The molecule has 4 nitrogen and oxygen atoms in total. The van der Waals surface area contributed by atoms with Crippen molar-refractivity contribution >= 4 is 5.71 Å². The Kier molecular flexibility index (Phi) is 6.50. The first kappa shape index (κ1) is 20.8. The maximum atomic E-state index is 5.98. The van der Waals surface area contributed by atoms with Gasteiger partial charge in [-0.1, -0.05) is 72.8 Å². The summed E-state index contributed by atoms with van der Waals surface area (Å²) < 4.78 is 5.98. The summed E-state index contributed by atoms with van der Waals surface area (Å²) in [6.45, 7) is 3.87. The number of hydrogen-bond acceptors (Lipinski definition) is 4. The quantitative estimate of drug-likeness (QED) is 0.503. The number of rotatable bonds is 8. The predicted molar refractivity (Wildman–Crippen MR) is 130 cm³/mol. The van der Waals surface area contributed by atoms with E-state index < -0.39 is 0 Å². The number of aryl methyl sites for hydroxylation is 1. The standard InChI is InChI=1S/C28H31N3O/c1-3-8-22(9-4-1)12-7-19-32-25-15-13-24(14-16-25)28-26-21-31(18-17-27(26)29-30-28)20-23-10-5-2-6-11-23/h1-6,8-11,13-16,26,28,30H,7,12,17-21H2. The van der Waals surface area contributed by atoms with E-state index >= 15 is 0 Å². The number of hydrazone groups is 1. The van der Waals surface area contributed by atoms with Gasteiger partial charge < -0.3 is 10.2 Å². The van der Waals surface area contributed by atoms with Crippen molar-refractivity contribution in [2.45, 2.75) is 31.8 Å². The van der Waals surface area contributed by atoms with Crippen molar-refractivity contribution in [1.29, 1.82) is 0 Å². The van der Waals surface area contributed by atoms with Gasteiger partial charge in [0.05, 0.1) is 12.6 Å². The van der Waals surface area contributed by atoms with Gasteiger partial charge in [0.2, 0.25) is 0 Å². The number of nitrogens with one attached hydrogen (secondary N) is 1. The van der Waals surface area contributed by atoms with E-state index in [1.807, 2.05) is 0 Å². The summed E-state index contributed by atoms with van der Waals surface area (Å²) in [5, 5.41) is 4.68. The Bertz CT molecular complexity index is 1020. The highest BCUT2D eigenvalue weighted by molar-refractivity contribution is 5.89. The summed E-state index contributed by atoms with van der Waals surface area (Å²) in [5.41, 5.74) is 8.76. The molecule has 1 N–H and O–H groups in total. The molecule has 0 amide bonds. The summed E-state index contributed by atoms with van der Waals surface area (Å²) in [5.74, 6) is 1.38. The van der Waals surface area contributed by atoms with Gasteiger partial charge in [0.25, 0.3) is 0 Å². The van der Waals surface area contributed by atoms with Crippen LogP contribution in [0.25, 0.3) is 0 Å². The molecule has 2 aliphatic heterocycles. The maximum absolute atomic E-state index is 5.98. The van der Waals surface area contributed by atoms with Crippen molar-refractivity contribution < 1.29 is 4.74 Å². The minimum absolute atomic E-state index is 0.246. The van der Waals surface area contributed by atoms with Gasteiger partial charge in [-0.2, -0.15) is 5.10 Å². The van der Waals surface area contributed by atoms with Gasteiger partial charge in [0, 0.05) is 37.7 Å². The van der Waals surface area contributed by atoms with Crippen LogP contribution >= 0.6 is 0 Å². The van der Waals surface area contributed by atoms with E-state index in [0.29, 0.717) is 5.92 Å². The Balaban J connectivity index is 1.14. The molecular weight excluding hydrogens is 394 g/mol. The number of benzene rings is 3. The largest absolute Gasteiger partial charge is 0.494 e. The Labute approximate surface area is 190 Å². The zero-order valence-electron chi connectivity index (χ0n) is 18.5. The lowest BCUT2D eigenvalue weighted by atomic mass is 9.86. The Hall–Kier alpha value is -3.11. The fourth-order valence-corrected chi connectivity index (χ4v) is 4.79. The average molecular weight is 426 g/mol. The molecule has 0 aromatic heterocycles. The number of fused-ring (bicyclic) bond motifs is 1. The van der Waals surface area contributed by atoms with Crippen molar-refractivity contribution in [3.8, 4) is 5.75 Å². The zero-order chi connectivity index (χ0) is 21.6. The second-order valence-corrected chi connectivity index (χ2v) is 8.79. The molecule has 0 bridgehead atoms. The Morgan fingerprint density at radius 2 is 1.59 bits per heavy atom. The summed E-state index contributed by atoms with van der Waals surface area (Å²) >= 11 is 0. The number of hydrogen-bond donors (Lipinski definition) is 1. The second-order valence-electron chi connectivity index (χ2n) is 8.79. The third kappa shape index (κ3) is 5.03. The van der Waals surface area contributed by atoms with Crippen LogP contribution in [0.1, 0.15) is 35.6 Å². The van der Waals surface area contributed by atoms with Crippen LogP contribution in [0.5, 0.6) is 5.75 Å². The minimum atomic E-state index is 0.246. The third-order valence-corrected chi connectivity index (χ3v) is 6.53. The van der Waals surface area contributed by atoms with E-state index in [4.69, 9.17) is 4.74 Å². The number of nitrogens with zero attached hydrogens (tertiary/aromatic N) is 2. The first-order valence-electron chi connectivity index (χ1n) is 11.7. The molecule has 0 radical (unpaired) electrons. The van der Waals surface area contributed by atoms with Crippen molar-refractivity contribution in [3.63, 3.8) is 0 Å². The van der Waals surface area contributed by atoms with Crippen molar-refractivity contribution in [3.05, 3.63) is 102 Å². The molecule has 0 spiro atoms. The first-order valence-corrected chi connectivity index (χ1v) is 11.7. The number of likely N-dealkylation sites (tertiary alicyclic amines) is 1. The fraction of sp³-hybridized carbons (Fsp3) is 0.321. The number of ether oxygens (including phenoxy) is 1. The molecule has 1 saturated heterocycles. The number of piperidine rings is 1. The molecule has 0 aliphatic carbocycles. The van der Waals surface area contributed by atoms with Crippen LogP contribution in [-0.2, 0) is 13.0 Å². The summed E-state index contributed by atoms with van der Waals surface area (Å²) in [6.07, 6.45) is 3.11. The van der Waals surface area contributed by atoms with Crippen LogP contribution in [0.2, 0.25) is 0 Å². The zero-order valence-corrected chi connectivity index (χ0v) is 18.5. The highest BCUT2D eigenvalue weighted by Crippen LogP contribution is 2.33. The highest BCUT2D eigenvalue weighted by Gasteiger charge is 2.36. The molecule has 2 atom stereocenters. The average Bonchev–Trinajstić information content (AvgIpc) is 3.27. The lowest BCUT2D eigenvalue weighted by molar-refractivity contribution is 0.220. The molecule has 0 saturated carbocycles. The van der Waals surface area contributed by atoms with Crippen LogP contribution in [0.4, 0.5) is 0 Å². The van der Waals surface area contributed by atoms with Crippen molar-refractivity contribution in [2.24, 2.45) is 11.0 Å². The lowest BCUT2D eigenvalue weighted by Crippen LogP contribution is -2.41. The molecular formula is C28H31N3O. The van der Waals surface area contributed by atoms with E-state index in [-0.39, 0.29) is 6.04 Å². The predicted octanol–water partition coefficient (Wildman–Crippen LogP) is 5.22. The van der Waals surface area contributed by atoms with Gasteiger partial charge in [0.15, 0.2) is 0 Å². The minimum Gasteiger partial charge on any atom is -0.494 e. The highest BCUT2D eigenvalue weighted by atomic mass is 16.5. The molecule has 2 unspecified atom stereocenters. The lowest BCUT2D eigenvalue weighted by Gasteiger charge is -2.33. The van der Waals surface area contributed by atoms with E-state index in [2.05, 4.69) is 100 Å². The Morgan fingerprint density at radius 3 is 2.34 bits per heavy atom. The molecule has 4 heteroatoms. The molecule has 5 rings (SSSR count). The summed E-state index contributed by atoms with van der Waals surface area (Å²) in [6, 6.07) is 30.2. The first-order chi connectivity index (χ1) is 15.8.